The van der Waals surface area contributed by atoms with Crippen molar-refractivity contribution >= 4 is 5.97 Å². The summed E-state index contributed by atoms with van der Waals surface area (Å²) in [7, 11) is 1.39. The molecule has 0 aromatic heterocycles. The van der Waals surface area contributed by atoms with Crippen LogP contribution in [0, 0.1) is 5.82 Å². The quantitative estimate of drug-likeness (QED) is 0.847. The zero-order chi connectivity index (χ0) is 15.4. The SMILES string of the molecule is COC(=O)[C@H](C)N1CCC[C@@H]1C[C@H](O)c1ccc(F)cc1. The molecule has 3 atom stereocenters. The summed E-state index contributed by atoms with van der Waals surface area (Å²) in [5.74, 6) is -0.564. The molecule has 0 bridgehead atoms. The van der Waals surface area contributed by atoms with Gasteiger partial charge >= 0.3 is 5.97 Å². The Morgan fingerprint density at radius 2 is 2.14 bits per heavy atom. The van der Waals surface area contributed by atoms with Crippen molar-refractivity contribution < 1.29 is 19.0 Å². The zero-order valence-electron chi connectivity index (χ0n) is 12.5. The van der Waals surface area contributed by atoms with Crippen molar-refractivity contribution in [2.75, 3.05) is 13.7 Å². The van der Waals surface area contributed by atoms with Crippen LogP contribution >= 0.6 is 0 Å². The highest BCUT2D eigenvalue weighted by atomic mass is 19.1. The minimum atomic E-state index is -0.652. The lowest BCUT2D eigenvalue weighted by Gasteiger charge is -2.30. The minimum Gasteiger partial charge on any atom is -0.468 e. The van der Waals surface area contributed by atoms with Gasteiger partial charge in [-0.3, -0.25) is 9.69 Å². The van der Waals surface area contributed by atoms with Crippen LogP contribution in [0.4, 0.5) is 4.39 Å². The lowest BCUT2D eigenvalue weighted by molar-refractivity contribution is -0.146. The molecule has 0 radical (unpaired) electrons. The van der Waals surface area contributed by atoms with Crippen LogP contribution in [-0.2, 0) is 9.53 Å². The van der Waals surface area contributed by atoms with E-state index in [4.69, 9.17) is 4.74 Å². The number of hydrogen-bond donors (Lipinski definition) is 1. The molecule has 1 aromatic carbocycles. The number of ether oxygens (including phenoxy) is 1. The lowest BCUT2D eigenvalue weighted by Crippen LogP contribution is -2.43. The average Bonchev–Trinajstić information content (AvgIpc) is 2.94. The van der Waals surface area contributed by atoms with Crippen LogP contribution in [0.1, 0.15) is 37.9 Å². The van der Waals surface area contributed by atoms with Gasteiger partial charge in [0.2, 0.25) is 0 Å². The van der Waals surface area contributed by atoms with Gasteiger partial charge < -0.3 is 9.84 Å². The third kappa shape index (κ3) is 3.80. The molecule has 2 rings (SSSR count). The van der Waals surface area contributed by atoms with Crippen LogP contribution in [0.3, 0.4) is 0 Å². The molecule has 0 unspecified atom stereocenters. The molecule has 1 fully saturated rings. The molecule has 21 heavy (non-hydrogen) atoms. The summed E-state index contributed by atoms with van der Waals surface area (Å²) in [6.45, 7) is 2.66. The topological polar surface area (TPSA) is 49.8 Å². The second-order valence-corrected chi connectivity index (χ2v) is 5.54. The number of benzene rings is 1. The number of esters is 1. The van der Waals surface area contributed by atoms with E-state index in [0.717, 1.165) is 19.4 Å². The third-order valence-electron chi connectivity index (χ3n) is 4.21. The molecule has 1 aliphatic rings. The van der Waals surface area contributed by atoms with Crippen molar-refractivity contribution in [1.82, 2.24) is 4.90 Å². The molecule has 1 aliphatic heterocycles. The second-order valence-electron chi connectivity index (χ2n) is 5.54. The van der Waals surface area contributed by atoms with E-state index in [-0.39, 0.29) is 23.9 Å². The van der Waals surface area contributed by atoms with Crippen molar-refractivity contribution in [2.45, 2.75) is 44.4 Å². The normalized spacial score (nSPS) is 22.0. The first-order valence-electron chi connectivity index (χ1n) is 7.30. The molecule has 116 valence electrons. The van der Waals surface area contributed by atoms with E-state index in [1.807, 2.05) is 6.92 Å². The summed E-state index contributed by atoms with van der Waals surface area (Å²) in [6.07, 6.45) is 1.83. The number of rotatable bonds is 5. The fourth-order valence-corrected chi connectivity index (χ4v) is 3.01. The lowest BCUT2D eigenvalue weighted by atomic mass is 10.00. The van der Waals surface area contributed by atoms with Crippen molar-refractivity contribution in [3.05, 3.63) is 35.6 Å². The fraction of sp³-hybridized carbons (Fsp3) is 0.562. The van der Waals surface area contributed by atoms with Crippen molar-refractivity contribution in [1.29, 1.82) is 0 Å². The van der Waals surface area contributed by atoms with Crippen LogP contribution in [-0.4, -0.2) is 41.7 Å². The highest BCUT2D eigenvalue weighted by Gasteiger charge is 2.33. The van der Waals surface area contributed by atoms with E-state index in [2.05, 4.69) is 4.90 Å². The standard InChI is InChI=1S/C16H22FNO3/c1-11(16(20)21-2)18-9-3-4-14(18)10-15(19)12-5-7-13(17)8-6-12/h5-8,11,14-15,19H,3-4,9-10H2,1-2H3/t11-,14+,15-/m0/s1. The van der Waals surface area contributed by atoms with E-state index in [0.29, 0.717) is 12.0 Å². The molecule has 1 N–H and O–H groups in total. The van der Waals surface area contributed by atoms with Gasteiger partial charge in [0.1, 0.15) is 11.9 Å². The third-order valence-corrected chi connectivity index (χ3v) is 4.21. The molecule has 1 heterocycles. The van der Waals surface area contributed by atoms with Crippen LogP contribution in [0.5, 0.6) is 0 Å². The Kier molecular flexibility index (Phi) is 5.31. The molecule has 0 aliphatic carbocycles. The summed E-state index contributed by atoms with van der Waals surface area (Å²) in [4.78, 5) is 13.8. The Bertz CT molecular complexity index is 477. The summed E-state index contributed by atoms with van der Waals surface area (Å²) in [6, 6.07) is 5.73. The van der Waals surface area contributed by atoms with E-state index in [1.165, 1.54) is 19.2 Å². The number of hydrogen-bond acceptors (Lipinski definition) is 4. The predicted octanol–water partition coefficient (Wildman–Crippen LogP) is 2.28. The van der Waals surface area contributed by atoms with Crippen molar-refractivity contribution in [3.8, 4) is 0 Å². The summed E-state index contributed by atoms with van der Waals surface area (Å²) >= 11 is 0. The number of halogens is 1. The van der Waals surface area contributed by atoms with Gasteiger partial charge in [0.25, 0.3) is 0 Å². The molecule has 0 saturated carbocycles. The Labute approximate surface area is 124 Å². The summed E-state index contributed by atoms with van der Waals surface area (Å²) < 4.78 is 17.7. The Balaban J connectivity index is 2.00. The minimum absolute atomic E-state index is 0.138. The first-order valence-corrected chi connectivity index (χ1v) is 7.30. The van der Waals surface area contributed by atoms with E-state index in [9.17, 15) is 14.3 Å². The molecule has 1 saturated heterocycles. The zero-order valence-corrected chi connectivity index (χ0v) is 12.5. The molecule has 1 aromatic rings. The van der Waals surface area contributed by atoms with Gasteiger partial charge in [0.15, 0.2) is 0 Å². The van der Waals surface area contributed by atoms with Gasteiger partial charge in [-0.05, 0) is 50.4 Å². The number of carbonyl (C=O) groups is 1. The van der Waals surface area contributed by atoms with Gasteiger partial charge in [-0.25, -0.2) is 4.39 Å². The molecular weight excluding hydrogens is 273 g/mol. The molecule has 0 spiro atoms. The number of likely N-dealkylation sites (tertiary alicyclic amines) is 1. The van der Waals surface area contributed by atoms with Gasteiger partial charge in [-0.15, -0.1) is 0 Å². The highest BCUT2D eigenvalue weighted by Crippen LogP contribution is 2.29. The summed E-state index contributed by atoms with van der Waals surface area (Å²) in [5, 5.41) is 10.3. The van der Waals surface area contributed by atoms with Crippen molar-refractivity contribution in [2.24, 2.45) is 0 Å². The van der Waals surface area contributed by atoms with Crippen molar-refractivity contribution in [3.63, 3.8) is 0 Å². The van der Waals surface area contributed by atoms with E-state index >= 15 is 0 Å². The number of carbonyl (C=O) groups excluding carboxylic acids is 1. The number of nitrogens with zero attached hydrogens (tertiary/aromatic N) is 1. The van der Waals surface area contributed by atoms with Crippen LogP contribution in [0.25, 0.3) is 0 Å². The van der Waals surface area contributed by atoms with E-state index < -0.39 is 6.10 Å². The Hall–Kier alpha value is -1.46. The maximum atomic E-state index is 12.9. The molecule has 5 heteroatoms. The molecule has 0 amide bonds. The van der Waals surface area contributed by atoms with Gasteiger partial charge in [0, 0.05) is 6.04 Å². The predicted molar refractivity (Wildman–Crippen MR) is 77.2 cm³/mol. The first-order chi connectivity index (χ1) is 10.0. The Morgan fingerprint density at radius 1 is 1.48 bits per heavy atom. The van der Waals surface area contributed by atoms with Crippen LogP contribution < -0.4 is 0 Å². The molecule has 4 nitrogen and oxygen atoms in total. The smallest absolute Gasteiger partial charge is 0.322 e. The number of aliphatic hydroxyl groups is 1. The largest absolute Gasteiger partial charge is 0.468 e. The highest BCUT2D eigenvalue weighted by molar-refractivity contribution is 5.75. The number of aliphatic hydroxyl groups excluding tert-OH is 1. The fourth-order valence-electron chi connectivity index (χ4n) is 3.01. The van der Waals surface area contributed by atoms with Gasteiger partial charge in [-0.1, -0.05) is 12.1 Å². The maximum absolute atomic E-state index is 12.9. The summed E-state index contributed by atoms with van der Waals surface area (Å²) in [5.41, 5.74) is 0.703. The first kappa shape index (κ1) is 15.9. The van der Waals surface area contributed by atoms with Crippen LogP contribution in [0.15, 0.2) is 24.3 Å². The monoisotopic (exact) mass is 295 g/mol. The second kappa shape index (κ2) is 7.00. The maximum Gasteiger partial charge on any atom is 0.322 e. The van der Waals surface area contributed by atoms with Gasteiger partial charge in [-0.2, -0.15) is 0 Å². The van der Waals surface area contributed by atoms with E-state index in [1.54, 1.807) is 12.1 Å². The average molecular weight is 295 g/mol. The molecular formula is C16H22FNO3. The van der Waals surface area contributed by atoms with Crippen LogP contribution in [0.2, 0.25) is 0 Å². The number of methoxy groups -OCH3 is 1. The Morgan fingerprint density at radius 3 is 2.76 bits per heavy atom. The van der Waals surface area contributed by atoms with Gasteiger partial charge in [0.05, 0.1) is 13.2 Å².